The zero-order chi connectivity index (χ0) is 10.6. The molecule has 82 valence electrons. The average molecular weight is 198 g/mol. The van der Waals surface area contributed by atoms with Crippen LogP contribution in [0.3, 0.4) is 0 Å². The average Bonchev–Trinajstić information content (AvgIpc) is 2.98. The molecule has 1 aliphatic heterocycles. The number of methoxy groups -OCH3 is 1. The van der Waals surface area contributed by atoms with E-state index in [1.807, 2.05) is 0 Å². The number of epoxide rings is 1. The highest BCUT2D eigenvalue weighted by Crippen LogP contribution is 2.29. The van der Waals surface area contributed by atoms with Crippen molar-refractivity contribution in [1.82, 2.24) is 0 Å². The molecule has 0 saturated carbocycles. The summed E-state index contributed by atoms with van der Waals surface area (Å²) in [6.07, 6.45) is 6.15. The van der Waals surface area contributed by atoms with E-state index in [0.717, 1.165) is 13.0 Å². The maximum atomic E-state index is 5.56. The summed E-state index contributed by atoms with van der Waals surface area (Å²) in [6, 6.07) is 0. The van der Waals surface area contributed by atoms with Crippen LogP contribution in [0.4, 0.5) is 0 Å². The predicted octanol–water partition coefficient (Wildman–Crippen LogP) is 2.64. The van der Waals surface area contributed by atoms with Crippen molar-refractivity contribution in [3.63, 3.8) is 0 Å². The lowest BCUT2D eigenvalue weighted by Gasteiger charge is -2.26. The maximum Gasteiger partial charge on any atom is 0.0860 e. The number of hydrogen-bond acceptors (Lipinski definition) is 2. The lowest BCUT2D eigenvalue weighted by Crippen LogP contribution is -2.31. The van der Waals surface area contributed by atoms with Gasteiger partial charge in [0, 0.05) is 13.0 Å². The molecule has 1 rings (SSSR count). The zero-order valence-electron chi connectivity index (χ0n) is 9.69. The van der Waals surface area contributed by atoms with E-state index >= 15 is 0 Å². The molecule has 1 heterocycles. The molecule has 14 heavy (non-hydrogen) atoms. The second-order valence-corrected chi connectivity index (χ2v) is 4.21. The third kappa shape index (κ3) is 3.10. The van der Waals surface area contributed by atoms with Crippen molar-refractivity contribution < 1.29 is 9.47 Å². The fourth-order valence-corrected chi connectivity index (χ4v) is 2.02. The molecule has 0 N–H and O–H groups in total. The summed E-state index contributed by atoms with van der Waals surface area (Å²) in [5.41, 5.74) is 0. The smallest absolute Gasteiger partial charge is 0.0860 e. The summed E-state index contributed by atoms with van der Waals surface area (Å²) in [7, 11) is 1.80. The molecule has 0 aromatic heterocycles. The molecule has 1 saturated heterocycles. The Hall–Kier alpha value is -0.340. The van der Waals surface area contributed by atoms with Crippen molar-refractivity contribution in [2.24, 2.45) is 11.8 Å². The normalized spacial score (nSPS) is 27.6. The van der Waals surface area contributed by atoms with Crippen LogP contribution in [0, 0.1) is 11.8 Å². The van der Waals surface area contributed by atoms with Crippen LogP contribution in [-0.2, 0) is 9.47 Å². The summed E-state index contributed by atoms with van der Waals surface area (Å²) < 4.78 is 10.9. The van der Waals surface area contributed by atoms with Gasteiger partial charge in [0.05, 0.1) is 18.8 Å². The summed E-state index contributed by atoms with van der Waals surface area (Å²) in [6.45, 7) is 7.43. The summed E-state index contributed by atoms with van der Waals surface area (Å²) in [5.74, 6) is 1.08. The maximum absolute atomic E-state index is 5.56. The van der Waals surface area contributed by atoms with Crippen LogP contribution in [0.15, 0.2) is 12.2 Å². The third-order valence-electron chi connectivity index (χ3n) is 3.04. The Morgan fingerprint density at radius 1 is 1.50 bits per heavy atom. The van der Waals surface area contributed by atoms with Gasteiger partial charge in [-0.3, -0.25) is 0 Å². The number of ether oxygens (including phenoxy) is 2. The molecule has 4 atom stereocenters. The summed E-state index contributed by atoms with van der Waals surface area (Å²) in [4.78, 5) is 0. The van der Waals surface area contributed by atoms with E-state index < -0.39 is 0 Å². The molecule has 2 nitrogen and oxygen atoms in total. The first kappa shape index (κ1) is 11.7. The predicted molar refractivity (Wildman–Crippen MR) is 58.3 cm³/mol. The lowest BCUT2D eigenvalue weighted by molar-refractivity contribution is 0.00903. The van der Waals surface area contributed by atoms with Gasteiger partial charge in [0.25, 0.3) is 0 Å². The Kier molecular flexibility index (Phi) is 4.63. The molecule has 2 heteroatoms. The summed E-state index contributed by atoms with van der Waals surface area (Å²) in [5, 5.41) is 0. The van der Waals surface area contributed by atoms with Gasteiger partial charge in [0.2, 0.25) is 0 Å². The van der Waals surface area contributed by atoms with E-state index in [2.05, 4.69) is 32.9 Å². The number of hydrogen-bond donors (Lipinski definition) is 0. The lowest BCUT2D eigenvalue weighted by atomic mass is 9.89. The largest absolute Gasteiger partial charge is 0.381 e. The highest BCUT2D eigenvalue weighted by Gasteiger charge is 2.36. The molecule has 0 aliphatic carbocycles. The highest BCUT2D eigenvalue weighted by molar-refractivity contribution is 4.88. The SMILES string of the molecule is C/C=C/C[C@H](C)[C@@H](OC)[C@@H](C)[C@H]1CO1. The molecule has 0 spiro atoms. The minimum absolute atomic E-state index is 0.318. The Morgan fingerprint density at radius 3 is 2.57 bits per heavy atom. The van der Waals surface area contributed by atoms with Gasteiger partial charge >= 0.3 is 0 Å². The van der Waals surface area contributed by atoms with Crippen LogP contribution >= 0.6 is 0 Å². The Balaban J connectivity index is 2.41. The van der Waals surface area contributed by atoms with E-state index in [0.29, 0.717) is 24.0 Å². The molecular formula is C12H22O2. The van der Waals surface area contributed by atoms with Crippen LogP contribution in [0.25, 0.3) is 0 Å². The number of rotatable bonds is 6. The quantitative estimate of drug-likeness (QED) is 0.483. The van der Waals surface area contributed by atoms with E-state index in [9.17, 15) is 0 Å². The Labute approximate surface area is 87.3 Å². The van der Waals surface area contributed by atoms with Crippen molar-refractivity contribution in [2.45, 2.75) is 39.4 Å². The topological polar surface area (TPSA) is 21.8 Å². The molecule has 0 unspecified atom stereocenters. The Morgan fingerprint density at radius 2 is 2.14 bits per heavy atom. The van der Waals surface area contributed by atoms with E-state index in [1.54, 1.807) is 7.11 Å². The van der Waals surface area contributed by atoms with Gasteiger partial charge in [-0.1, -0.05) is 26.0 Å². The highest BCUT2D eigenvalue weighted by atomic mass is 16.6. The first-order valence-corrected chi connectivity index (χ1v) is 5.46. The monoisotopic (exact) mass is 198 g/mol. The fraction of sp³-hybridized carbons (Fsp3) is 0.833. The van der Waals surface area contributed by atoms with Crippen molar-refractivity contribution in [3.8, 4) is 0 Å². The van der Waals surface area contributed by atoms with Gasteiger partial charge in [-0.15, -0.1) is 0 Å². The van der Waals surface area contributed by atoms with Crippen LogP contribution in [-0.4, -0.2) is 25.9 Å². The molecule has 0 aromatic rings. The summed E-state index contributed by atoms with van der Waals surface area (Å²) >= 11 is 0. The van der Waals surface area contributed by atoms with Gasteiger partial charge < -0.3 is 9.47 Å². The van der Waals surface area contributed by atoms with E-state index in [1.165, 1.54) is 0 Å². The van der Waals surface area contributed by atoms with Gasteiger partial charge in [-0.2, -0.15) is 0 Å². The van der Waals surface area contributed by atoms with E-state index in [-0.39, 0.29) is 0 Å². The minimum Gasteiger partial charge on any atom is -0.381 e. The molecule has 0 aromatic carbocycles. The van der Waals surface area contributed by atoms with Crippen molar-refractivity contribution in [1.29, 1.82) is 0 Å². The molecule has 1 fully saturated rings. The zero-order valence-corrected chi connectivity index (χ0v) is 9.69. The molecular weight excluding hydrogens is 176 g/mol. The second-order valence-electron chi connectivity index (χ2n) is 4.21. The molecule has 0 bridgehead atoms. The van der Waals surface area contributed by atoms with Gasteiger partial charge in [0.15, 0.2) is 0 Å². The molecule has 0 amide bonds. The first-order chi connectivity index (χ1) is 6.70. The van der Waals surface area contributed by atoms with Gasteiger partial charge in [0.1, 0.15) is 0 Å². The van der Waals surface area contributed by atoms with Gasteiger partial charge in [-0.25, -0.2) is 0 Å². The van der Waals surface area contributed by atoms with E-state index in [4.69, 9.17) is 9.47 Å². The van der Waals surface area contributed by atoms with Crippen molar-refractivity contribution >= 4 is 0 Å². The van der Waals surface area contributed by atoms with Crippen LogP contribution in [0.2, 0.25) is 0 Å². The first-order valence-electron chi connectivity index (χ1n) is 5.46. The van der Waals surface area contributed by atoms with Crippen molar-refractivity contribution in [3.05, 3.63) is 12.2 Å². The standard InChI is InChI=1S/C12H22O2/c1-5-6-7-9(2)12(13-4)10(3)11-8-14-11/h5-6,9-12H,7-8H2,1-4H3/b6-5+/t9-,10-,11+,12+/m0/s1. The second kappa shape index (κ2) is 5.52. The fourth-order valence-electron chi connectivity index (χ4n) is 2.02. The van der Waals surface area contributed by atoms with Crippen LogP contribution < -0.4 is 0 Å². The minimum atomic E-state index is 0.318. The van der Waals surface area contributed by atoms with Crippen molar-refractivity contribution in [2.75, 3.05) is 13.7 Å². The molecule has 0 radical (unpaired) electrons. The van der Waals surface area contributed by atoms with Crippen LogP contribution in [0.1, 0.15) is 27.2 Å². The number of allylic oxidation sites excluding steroid dienone is 2. The van der Waals surface area contributed by atoms with Gasteiger partial charge in [-0.05, 0) is 19.3 Å². The van der Waals surface area contributed by atoms with Crippen LogP contribution in [0.5, 0.6) is 0 Å². The molecule has 1 aliphatic rings. The Bertz CT molecular complexity index is 185. The third-order valence-corrected chi connectivity index (χ3v) is 3.04.